The molecule has 0 fully saturated rings. The molecule has 0 saturated heterocycles. The summed E-state index contributed by atoms with van der Waals surface area (Å²) in [6.07, 6.45) is 2.93. The lowest BCUT2D eigenvalue weighted by molar-refractivity contribution is 0.0950. The van der Waals surface area contributed by atoms with Crippen molar-refractivity contribution in [3.05, 3.63) is 47.8 Å². The summed E-state index contributed by atoms with van der Waals surface area (Å²) in [4.78, 5) is 15.7. The number of nitrogens with zero attached hydrogens (tertiary/aromatic N) is 2. The number of benzene rings is 1. The van der Waals surface area contributed by atoms with E-state index in [2.05, 4.69) is 15.5 Å². The van der Waals surface area contributed by atoms with Gasteiger partial charge in [0.1, 0.15) is 5.69 Å². The molecule has 0 bridgehead atoms. The molecule has 7 nitrogen and oxygen atoms in total. The van der Waals surface area contributed by atoms with Crippen molar-refractivity contribution in [1.29, 1.82) is 0 Å². The first-order valence-electron chi connectivity index (χ1n) is 6.35. The molecule has 2 aromatic rings. The average molecular weight is 301 g/mol. The third-order valence-corrected chi connectivity index (χ3v) is 2.78. The number of hydrogen-bond acceptors (Lipinski definition) is 6. The highest BCUT2D eigenvalue weighted by atomic mass is 16.5. The Bertz CT molecular complexity index is 661. The van der Waals surface area contributed by atoms with Gasteiger partial charge in [0.15, 0.2) is 11.5 Å². The first-order chi connectivity index (χ1) is 10.7. The van der Waals surface area contributed by atoms with E-state index in [0.717, 1.165) is 0 Å². The number of carbonyl (C=O) groups is 1. The first kappa shape index (κ1) is 15.3. The molecule has 0 aliphatic carbocycles. The quantitative estimate of drug-likeness (QED) is 0.646. The smallest absolute Gasteiger partial charge is 0.289 e. The Labute approximate surface area is 127 Å². The van der Waals surface area contributed by atoms with E-state index in [-0.39, 0.29) is 22.9 Å². The normalized spacial score (nSPS) is 10.5. The lowest BCUT2D eigenvalue weighted by Crippen LogP contribution is -2.18. The van der Waals surface area contributed by atoms with Gasteiger partial charge in [0.25, 0.3) is 5.91 Å². The topological polar surface area (TPSA) is 93.0 Å². The summed E-state index contributed by atoms with van der Waals surface area (Å²) in [5, 5.41) is 13.6. The van der Waals surface area contributed by atoms with E-state index >= 15 is 0 Å². The van der Waals surface area contributed by atoms with Gasteiger partial charge in [-0.1, -0.05) is 6.07 Å². The number of carbonyl (C=O) groups excluding carboxylic acids is 1. The summed E-state index contributed by atoms with van der Waals surface area (Å²) in [5.74, 6) is -0.0251. The lowest BCUT2D eigenvalue weighted by atomic mass is 10.2. The fourth-order valence-corrected chi connectivity index (χ4v) is 1.71. The van der Waals surface area contributed by atoms with Crippen LogP contribution in [0.1, 0.15) is 16.1 Å². The van der Waals surface area contributed by atoms with Gasteiger partial charge in [0.05, 0.1) is 20.4 Å². The van der Waals surface area contributed by atoms with Crippen molar-refractivity contribution < 1.29 is 19.4 Å². The number of methoxy groups -OCH3 is 2. The minimum absolute atomic E-state index is 0.0975. The monoisotopic (exact) mass is 301 g/mol. The van der Waals surface area contributed by atoms with Crippen molar-refractivity contribution >= 4 is 12.1 Å². The number of hydrogen-bond donors (Lipinski definition) is 2. The highest BCUT2D eigenvalue weighted by molar-refractivity contribution is 5.93. The van der Waals surface area contributed by atoms with Crippen molar-refractivity contribution in [3.63, 3.8) is 0 Å². The molecule has 0 saturated carbocycles. The Balaban J connectivity index is 2.12. The zero-order valence-corrected chi connectivity index (χ0v) is 12.1. The molecule has 1 aromatic heterocycles. The van der Waals surface area contributed by atoms with Crippen LogP contribution in [0.4, 0.5) is 0 Å². The minimum Gasteiger partial charge on any atom is -0.502 e. The van der Waals surface area contributed by atoms with Gasteiger partial charge in [-0.2, -0.15) is 5.10 Å². The molecule has 0 aliphatic heterocycles. The highest BCUT2D eigenvalue weighted by Gasteiger charge is 2.10. The number of ether oxygens (including phenoxy) is 2. The van der Waals surface area contributed by atoms with E-state index in [1.165, 1.54) is 26.6 Å². The highest BCUT2D eigenvalue weighted by Crippen LogP contribution is 2.36. The van der Waals surface area contributed by atoms with Crippen molar-refractivity contribution in [3.8, 4) is 17.2 Å². The van der Waals surface area contributed by atoms with Crippen LogP contribution in [-0.4, -0.2) is 36.4 Å². The van der Waals surface area contributed by atoms with E-state index in [0.29, 0.717) is 5.56 Å². The SMILES string of the molecule is COc1cc(/C=N/NC(=O)c2ccccn2)cc(OC)c1O. The van der Waals surface area contributed by atoms with Gasteiger partial charge in [-0.3, -0.25) is 9.78 Å². The molecule has 7 heteroatoms. The molecule has 114 valence electrons. The molecule has 1 heterocycles. The fraction of sp³-hybridized carbons (Fsp3) is 0.133. The number of phenolic OH excluding ortho intramolecular Hbond substituents is 1. The summed E-state index contributed by atoms with van der Waals surface area (Å²) < 4.78 is 10.1. The molecule has 0 unspecified atom stereocenters. The van der Waals surface area contributed by atoms with Crippen LogP contribution in [0.2, 0.25) is 0 Å². The van der Waals surface area contributed by atoms with Crippen LogP contribution in [0.15, 0.2) is 41.6 Å². The summed E-state index contributed by atoms with van der Waals surface area (Å²) in [6, 6.07) is 8.14. The van der Waals surface area contributed by atoms with Gasteiger partial charge < -0.3 is 14.6 Å². The van der Waals surface area contributed by atoms with Gasteiger partial charge in [-0.05, 0) is 24.3 Å². The van der Waals surface area contributed by atoms with E-state index < -0.39 is 5.91 Å². The van der Waals surface area contributed by atoms with Gasteiger partial charge in [0.2, 0.25) is 5.75 Å². The molecule has 0 radical (unpaired) electrons. The largest absolute Gasteiger partial charge is 0.502 e. The molecule has 22 heavy (non-hydrogen) atoms. The van der Waals surface area contributed by atoms with Crippen LogP contribution in [-0.2, 0) is 0 Å². The average Bonchev–Trinajstić information content (AvgIpc) is 2.56. The predicted molar refractivity (Wildman–Crippen MR) is 80.5 cm³/mol. The maximum absolute atomic E-state index is 11.8. The van der Waals surface area contributed by atoms with E-state index in [4.69, 9.17) is 9.47 Å². The Kier molecular flexibility index (Phi) is 4.92. The number of phenols is 1. The predicted octanol–water partition coefficient (Wildman–Crippen LogP) is 1.57. The van der Waals surface area contributed by atoms with E-state index in [9.17, 15) is 9.90 Å². The summed E-state index contributed by atoms with van der Waals surface area (Å²) in [5.41, 5.74) is 3.22. The second kappa shape index (κ2) is 7.07. The summed E-state index contributed by atoms with van der Waals surface area (Å²) >= 11 is 0. The third-order valence-electron chi connectivity index (χ3n) is 2.78. The van der Waals surface area contributed by atoms with Gasteiger partial charge in [-0.15, -0.1) is 0 Å². The van der Waals surface area contributed by atoms with Crippen LogP contribution in [0.5, 0.6) is 17.2 Å². The first-order valence-corrected chi connectivity index (χ1v) is 6.35. The van der Waals surface area contributed by atoms with Crippen LogP contribution in [0.3, 0.4) is 0 Å². The molecule has 0 spiro atoms. The number of nitrogens with one attached hydrogen (secondary N) is 1. The van der Waals surface area contributed by atoms with Gasteiger partial charge in [0, 0.05) is 11.8 Å². The lowest BCUT2D eigenvalue weighted by Gasteiger charge is -2.09. The molecule has 0 aliphatic rings. The second-order valence-electron chi connectivity index (χ2n) is 4.19. The van der Waals surface area contributed by atoms with Crippen LogP contribution >= 0.6 is 0 Å². The summed E-state index contributed by atoms with van der Waals surface area (Å²) in [6.45, 7) is 0. The van der Waals surface area contributed by atoms with Crippen LogP contribution in [0, 0.1) is 0 Å². The van der Waals surface area contributed by atoms with Gasteiger partial charge >= 0.3 is 0 Å². The van der Waals surface area contributed by atoms with Crippen molar-refractivity contribution in [1.82, 2.24) is 10.4 Å². The Morgan fingerprint density at radius 2 is 1.95 bits per heavy atom. The molecular weight excluding hydrogens is 286 g/mol. The van der Waals surface area contributed by atoms with Crippen molar-refractivity contribution in [2.24, 2.45) is 5.10 Å². The maximum atomic E-state index is 11.8. The number of aromatic hydroxyl groups is 1. The molecule has 2 N–H and O–H groups in total. The molecule has 1 aromatic carbocycles. The zero-order chi connectivity index (χ0) is 15.9. The van der Waals surface area contributed by atoms with Crippen molar-refractivity contribution in [2.75, 3.05) is 14.2 Å². The van der Waals surface area contributed by atoms with Crippen LogP contribution in [0.25, 0.3) is 0 Å². The molecule has 2 rings (SSSR count). The molecule has 0 atom stereocenters. The third kappa shape index (κ3) is 3.51. The van der Waals surface area contributed by atoms with E-state index in [1.54, 1.807) is 30.3 Å². The zero-order valence-electron chi connectivity index (χ0n) is 12.1. The number of rotatable bonds is 5. The number of amides is 1. The number of hydrazone groups is 1. The van der Waals surface area contributed by atoms with Gasteiger partial charge in [-0.25, -0.2) is 5.43 Å². The maximum Gasteiger partial charge on any atom is 0.289 e. The number of aromatic nitrogens is 1. The summed E-state index contributed by atoms with van der Waals surface area (Å²) in [7, 11) is 2.86. The van der Waals surface area contributed by atoms with Crippen molar-refractivity contribution in [2.45, 2.75) is 0 Å². The standard InChI is InChI=1S/C15H15N3O4/c1-21-12-7-10(8-13(22-2)14(12)19)9-17-18-15(20)11-5-3-4-6-16-11/h3-9,19H,1-2H3,(H,18,20)/b17-9+. The second-order valence-corrected chi connectivity index (χ2v) is 4.19. The minimum atomic E-state index is -0.422. The molecule has 1 amide bonds. The van der Waals surface area contributed by atoms with E-state index in [1.807, 2.05) is 0 Å². The fourth-order valence-electron chi connectivity index (χ4n) is 1.71. The Morgan fingerprint density at radius 3 is 2.50 bits per heavy atom. The molecular formula is C15H15N3O4. The Hall–Kier alpha value is -3.09. The number of pyridine rings is 1. The Morgan fingerprint density at radius 1 is 1.27 bits per heavy atom. The van der Waals surface area contributed by atoms with Crippen LogP contribution < -0.4 is 14.9 Å².